The van der Waals surface area contributed by atoms with Gasteiger partial charge in [-0.3, -0.25) is 4.68 Å². The summed E-state index contributed by atoms with van der Waals surface area (Å²) in [5.41, 5.74) is 2.19. The molecule has 2 aromatic rings. The SMILES string of the molecule is CCc1nc(CCNC(=O)N(C)C(C)c2cnn(C)c2)sc1C. The van der Waals surface area contributed by atoms with Crippen LogP contribution < -0.4 is 5.32 Å². The van der Waals surface area contributed by atoms with Crippen molar-refractivity contribution in [2.24, 2.45) is 7.05 Å². The second-order valence-corrected chi connectivity index (χ2v) is 6.97. The Labute approximate surface area is 141 Å². The van der Waals surface area contributed by atoms with Crippen molar-refractivity contribution in [2.75, 3.05) is 13.6 Å². The van der Waals surface area contributed by atoms with Crippen LogP contribution in [0.5, 0.6) is 0 Å². The van der Waals surface area contributed by atoms with Crippen LogP contribution in [0.3, 0.4) is 0 Å². The van der Waals surface area contributed by atoms with Crippen LogP contribution >= 0.6 is 11.3 Å². The minimum absolute atomic E-state index is 0.0162. The van der Waals surface area contributed by atoms with Crippen molar-refractivity contribution in [3.05, 3.63) is 33.5 Å². The van der Waals surface area contributed by atoms with Gasteiger partial charge in [-0.1, -0.05) is 6.92 Å². The van der Waals surface area contributed by atoms with Crippen LogP contribution in [0.25, 0.3) is 0 Å². The fraction of sp³-hybridized carbons (Fsp3) is 0.562. The van der Waals surface area contributed by atoms with Crippen molar-refractivity contribution in [2.45, 2.75) is 39.7 Å². The van der Waals surface area contributed by atoms with Crippen LogP contribution in [0.2, 0.25) is 0 Å². The number of aromatic nitrogens is 3. The molecule has 0 saturated heterocycles. The summed E-state index contributed by atoms with van der Waals surface area (Å²) in [6.07, 6.45) is 5.45. The van der Waals surface area contributed by atoms with Gasteiger partial charge in [0.2, 0.25) is 0 Å². The number of rotatable bonds is 6. The van der Waals surface area contributed by atoms with Crippen molar-refractivity contribution in [1.82, 2.24) is 25.0 Å². The summed E-state index contributed by atoms with van der Waals surface area (Å²) in [4.78, 5) is 19.8. The zero-order valence-electron chi connectivity index (χ0n) is 14.5. The Hall–Kier alpha value is -1.89. The van der Waals surface area contributed by atoms with Gasteiger partial charge < -0.3 is 10.2 Å². The van der Waals surface area contributed by atoms with Gasteiger partial charge in [0.15, 0.2) is 0 Å². The molecule has 0 radical (unpaired) electrons. The summed E-state index contributed by atoms with van der Waals surface area (Å²) in [6, 6.07) is -0.0946. The van der Waals surface area contributed by atoms with E-state index in [1.807, 2.05) is 20.2 Å². The number of hydrogen-bond acceptors (Lipinski definition) is 4. The first-order valence-corrected chi connectivity index (χ1v) is 8.68. The first-order valence-electron chi connectivity index (χ1n) is 7.86. The number of carbonyl (C=O) groups excluding carboxylic acids is 1. The lowest BCUT2D eigenvalue weighted by Gasteiger charge is -2.24. The lowest BCUT2D eigenvalue weighted by atomic mass is 10.2. The van der Waals surface area contributed by atoms with E-state index in [0.29, 0.717) is 6.54 Å². The van der Waals surface area contributed by atoms with E-state index in [0.717, 1.165) is 23.4 Å². The van der Waals surface area contributed by atoms with Crippen LogP contribution in [0, 0.1) is 6.92 Å². The smallest absolute Gasteiger partial charge is 0.317 e. The molecule has 0 aliphatic rings. The highest BCUT2D eigenvalue weighted by Gasteiger charge is 2.18. The first kappa shape index (κ1) is 17.5. The van der Waals surface area contributed by atoms with Gasteiger partial charge in [-0.05, 0) is 20.3 Å². The predicted octanol–water partition coefficient (Wildman–Crippen LogP) is 2.69. The molecule has 1 unspecified atom stereocenters. The van der Waals surface area contributed by atoms with Crippen LogP contribution in [0.4, 0.5) is 4.79 Å². The van der Waals surface area contributed by atoms with E-state index in [1.165, 1.54) is 10.6 Å². The lowest BCUT2D eigenvalue weighted by molar-refractivity contribution is 0.194. The quantitative estimate of drug-likeness (QED) is 0.883. The molecule has 7 heteroatoms. The summed E-state index contributed by atoms with van der Waals surface area (Å²) in [6.45, 7) is 6.80. The Kier molecular flexibility index (Phi) is 5.76. The van der Waals surface area contributed by atoms with Gasteiger partial charge in [0.25, 0.3) is 0 Å². The molecule has 2 amide bonds. The minimum Gasteiger partial charge on any atom is -0.338 e. The Morgan fingerprint density at radius 3 is 2.83 bits per heavy atom. The van der Waals surface area contributed by atoms with E-state index in [1.54, 1.807) is 34.2 Å². The van der Waals surface area contributed by atoms with Crippen molar-refractivity contribution in [3.63, 3.8) is 0 Å². The molecule has 6 nitrogen and oxygen atoms in total. The molecule has 0 saturated carbocycles. The summed E-state index contributed by atoms with van der Waals surface area (Å²) in [7, 11) is 3.67. The number of urea groups is 1. The third-order valence-corrected chi connectivity index (χ3v) is 5.07. The highest BCUT2D eigenvalue weighted by molar-refractivity contribution is 7.11. The van der Waals surface area contributed by atoms with Crippen LogP contribution in [-0.2, 0) is 19.9 Å². The van der Waals surface area contributed by atoms with E-state index in [2.05, 4.69) is 29.2 Å². The van der Waals surface area contributed by atoms with Crippen molar-refractivity contribution in [1.29, 1.82) is 0 Å². The monoisotopic (exact) mass is 335 g/mol. The maximum absolute atomic E-state index is 12.3. The van der Waals surface area contributed by atoms with Crippen molar-refractivity contribution >= 4 is 17.4 Å². The Bertz CT molecular complexity index is 663. The van der Waals surface area contributed by atoms with Crippen molar-refractivity contribution < 1.29 is 4.79 Å². The van der Waals surface area contributed by atoms with E-state index >= 15 is 0 Å². The van der Waals surface area contributed by atoms with Gasteiger partial charge in [-0.2, -0.15) is 5.10 Å². The van der Waals surface area contributed by atoms with Gasteiger partial charge in [-0.25, -0.2) is 9.78 Å². The van der Waals surface area contributed by atoms with Gasteiger partial charge in [0.05, 0.1) is 22.9 Å². The standard InChI is InChI=1S/C16H25N5OS/c1-6-14-12(3)23-15(19-14)7-8-17-16(22)21(5)11(2)13-9-18-20(4)10-13/h9-11H,6-8H2,1-5H3,(H,17,22). The number of nitrogens with one attached hydrogen (secondary N) is 1. The molecule has 0 aliphatic heterocycles. The lowest BCUT2D eigenvalue weighted by Crippen LogP contribution is -2.39. The van der Waals surface area contributed by atoms with Gasteiger partial charge >= 0.3 is 6.03 Å². The minimum atomic E-state index is -0.0784. The molecule has 0 bridgehead atoms. The number of hydrogen-bond donors (Lipinski definition) is 1. The molecule has 0 aromatic carbocycles. The molecular formula is C16H25N5OS. The second-order valence-electron chi connectivity index (χ2n) is 5.68. The fourth-order valence-electron chi connectivity index (χ4n) is 2.38. The van der Waals surface area contributed by atoms with E-state index in [9.17, 15) is 4.79 Å². The topological polar surface area (TPSA) is 63.1 Å². The average molecular weight is 335 g/mol. The van der Waals surface area contributed by atoms with Gasteiger partial charge in [0, 0.05) is 43.7 Å². The van der Waals surface area contributed by atoms with Crippen LogP contribution in [0.15, 0.2) is 12.4 Å². The number of nitrogens with zero attached hydrogens (tertiary/aromatic N) is 4. The molecular weight excluding hydrogens is 310 g/mol. The molecule has 2 aromatic heterocycles. The van der Waals surface area contributed by atoms with E-state index in [-0.39, 0.29) is 12.1 Å². The molecule has 23 heavy (non-hydrogen) atoms. The molecule has 2 rings (SSSR count). The second kappa shape index (κ2) is 7.59. The molecule has 2 heterocycles. The zero-order valence-corrected chi connectivity index (χ0v) is 15.3. The Morgan fingerprint density at radius 1 is 1.52 bits per heavy atom. The maximum Gasteiger partial charge on any atom is 0.317 e. The summed E-state index contributed by atoms with van der Waals surface area (Å²) >= 11 is 1.72. The summed E-state index contributed by atoms with van der Waals surface area (Å²) in [5, 5.41) is 8.20. The third-order valence-electron chi connectivity index (χ3n) is 4.00. The molecule has 1 atom stereocenters. The highest BCUT2D eigenvalue weighted by Crippen LogP contribution is 2.19. The maximum atomic E-state index is 12.3. The molecule has 0 aliphatic carbocycles. The molecule has 0 spiro atoms. The normalized spacial score (nSPS) is 12.2. The Balaban J connectivity index is 1.83. The fourth-order valence-corrected chi connectivity index (χ4v) is 3.40. The number of aryl methyl sites for hydroxylation is 3. The predicted molar refractivity (Wildman–Crippen MR) is 92.7 cm³/mol. The number of amides is 2. The van der Waals surface area contributed by atoms with Crippen molar-refractivity contribution in [3.8, 4) is 0 Å². The highest BCUT2D eigenvalue weighted by atomic mass is 32.1. The third kappa shape index (κ3) is 4.31. The zero-order chi connectivity index (χ0) is 17.0. The molecule has 1 N–H and O–H groups in total. The van der Waals surface area contributed by atoms with Gasteiger partial charge in [0.1, 0.15) is 0 Å². The molecule has 126 valence electrons. The van der Waals surface area contributed by atoms with Gasteiger partial charge in [-0.15, -0.1) is 11.3 Å². The first-order chi connectivity index (χ1) is 10.9. The Morgan fingerprint density at radius 2 is 2.26 bits per heavy atom. The van der Waals surface area contributed by atoms with E-state index < -0.39 is 0 Å². The van der Waals surface area contributed by atoms with Crippen LogP contribution in [0.1, 0.15) is 41.0 Å². The van der Waals surface area contributed by atoms with Crippen LogP contribution in [-0.4, -0.2) is 39.3 Å². The van der Waals surface area contributed by atoms with E-state index in [4.69, 9.17) is 0 Å². The average Bonchev–Trinajstić information content (AvgIpc) is 3.11. The summed E-state index contributed by atoms with van der Waals surface area (Å²) < 4.78 is 1.74. The molecule has 0 fully saturated rings. The summed E-state index contributed by atoms with van der Waals surface area (Å²) in [5.74, 6) is 0. The largest absolute Gasteiger partial charge is 0.338 e. The number of thiazole rings is 1. The number of carbonyl (C=O) groups is 1.